The zero-order chi connectivity index (χ0) is 13.0. The van der Waals surface area contributed by atoms with E-state index in [2.05, 4.69) is 48.5 Å². The Morgan fingerprint density at radius 2 is 1.56 bits per heavy atom. The van der Waals surface area contributed by atoms with E-state index >= 15 is 0 Å². The van der Waals surface area contributed by atoms with Crippen molar-refractivity contribution in [3.8, 4) is 0 Å². The van der Waals surface area contributed by atoms with Gasteiger partial charge in [0.25, 0.3) is 0 Å². The van der Waals surface area contributed by atoms with Crippen LogP contribution in [0.1, 0.15) is 61.3 Å². The van der Waals surface area contributed by atoms with Crippen LogP contribution in [0.2, 0.25) is 0 Å². The van der Waals surface area contributed by atoms with Crippen molar-refractivity contribution in [3.05, 3.63) is 0 Å². The van der Waals surface area contributed by atoms with Crippen LogP contribution in [0.3, 0.4) is 0 Å². The molecule has 16 heavy (non-hydrogen) atoms. The van der Waals surface area contributed by atoms with Crippen LogP contribution < -0.4 is 0 Å². The van der Waals surface area contributed by atoms with Crippen molar-refractivity contribution < 1.29 is 9.53 Å². The lowest BCUT2D eigenvalue weighted by molar-refractivity contribution is -0.147. The molecule has 0 aromatic heterocycles. The van der Waals surface area contributed by atoms with Crippen LogP contribution in [0.4, 0.5) is 0 Å². The Bertz CT molecular complexity index is 218. The van der Waals surface area contributed by atoms with E-state index in [1.54, 1.807) is 0 Å². The third-order valence-corrected chi connectivity index (χ3v) is 2.14. The van der Waals surface area contributed by atoms with Gasteiger partial charge in [0.1, 0.15) is 0 Å². The first kappa shape index (κ1) is 15.5. The van der Waals surface area contributed by atoms with E-state index in [1.165, 1.54) is 0 Å². The minimum absolute atomic E-state index is 0.0585. The van der Waals surface area contributed by atoms with Crippen molar-refractivity contribution in [1.29, 1.82) is 0 Å². The standard InChI is InChI=1S/C14H28O2/c1-11(9-13(2,3)4)8-12(15)16-10-14(5,6)7/h11H,8-10H2,1-7H3. The van der Waals surface area contributed by atoms with Crippen LogP contribution in [0.15, 0.2) is 0 Å². The van der Waals surface area contributed by atoms with Crippen LogP contribution in [0, 0.1) is 16.7 Å². The summed E-state index contributed by atoms with van der Waals surface area (Å²) in [4.78, 5) is 11.6. The van der Waals surface area contributed by atoms with Gasteiger partial charge in [-0.15, -0.1) is 0 Å². The first-order chi connectivity index (χ1) is 6.99. The molecule has 1 unspecified atom stereocenters. The molecule has 0 spiro atoms. The molecule has 0 heterocycles. The molecule has 0 aliphatic rings. The topological polar surface area (TPSA) is 26.3 Å². The van der Waals surface area contributed by atoms with Gasteiger partial charge in [0, 0.05) is 6.42 Å². The van der Waals surface area contributed by atoms with Gasteiger partial charge in [-0.1, -0.05) is 48.5 Å². The number of carbonyl (C=O) groups is 1. The number of rotatable bonds is 4. The van der Waals surface area contributed by atoms with Crippen LogP contribution in [0.25, 0.3) is 0 Å². The molecule has 0 radical (unpaired) electrons. The van der Waals surface area contributed by atoms with Gasteiger partial charge in [-0.25, -0.2) is 0 Å². The first-order valence-corrected chi connectivity index (χ1v) is 6.15. The molecule has 0 bridgehead atoms. The number of hydrogen-bond donors (Lipinski definition) is 0. The SMILES string of the molecule is CC(CC(=O)OCC(C)(C)C)CC(C)(C)C. The lowest BCUT2D eigenvalue weighted by atomic mass is 9.84. The molecular weight excluding hydrogens is 200 g/mol. The average molecular weight is 228 g/mol. The molecule has 96 valence electrons. The highest BCUT2D eigenvalue weighted by atomic mass is 16.5. The second-order valence-electron chi connectivity index (χ2n) is 7.30. The second kappa shape index (κ2) is 5.70. The van der Waals surface area contributed by atoms with E-state index in [0.717, 1.165) is 6.42 Å². The van der Waals surface area contributed by atoms with Gasteiger partial charge in [0.05, 0.1) is 6.61 Å². The molecule has 0 aliphatic carbocycles. The predicted octanol–water partition coefficient (Wildman–Crippen LogP) is 4.04. The summed E-state index contributed by atoms with van der Waals surface area (Å²) in [6, 6.07) is 0. The predicted molar refractivity (Wildman–Crippen MR) is 68.3 cm³/mol. The molecule has 0 rings (SSSR count). The van der Waals surface area contributed by atoms with Crippen molar-refractivity contribution in [3.63, 3.8) is 0 Å². The summed E-state index contributed by atoms with van der Waals surface area (Å²) in [6.45, 7) is 15.4. The van der Waals surface area contributed by atoms with Crippen molar-refractivity contribution in [2.24, 2.45) is 16.7 Å². The molecule has 0 saturated carbocycles. The number of hydrogen-bond acceptors (Lipinski definition) is 2. The fourth-order valence-corrected chi connectivity index (χ4v) is 1.76. The van der Waals surface area contributed by atoms with E-state index in [1.807, 2.05) is 0 Å². The van der Waals surface area contributed by atoms with Gasteiger partial charge < -0.3 is 4.74 Å². The minimum atomic E-state index is -0.0633. The van der Waals surface area contributed by atoms with Gasteiger partial charge >= 0.3 is 5.97 Å². The van der Waals surface area contributed by atoms with Crippen LogP contribution in [-0.2, 0) is 9.53 Å². The minimum Gasteiger partial charge on any atom is -0.465 e. The van der Waals surface area contributed by atoms with E-state index in [4.69, 9.17) is 4.74 Å². The van der Waals surface area contributed by atoms with Gasteiger partial charge in [0.15, 0.2) is 0 Å². The number of ether oxygens (including phenoxy) is 1. The van der Waals surface area contributed by atoms with Crippen molar-refractivity contribution >= 4 is 5.97 Å². The summed E-state index contributed by atoms with van der Waals surface area (Å²) in [7, 11) is 0. The molecule has 2 nitrogen and oxygen atoms in total. The maximum Gasteiger partial charge on any atom is 0.306 e. The third-order valence-electron chi connectivity index (χ3n) is 2.14. The average Bonchev–Trinajstić information content (AvgIpc) is 1.95. The molecule has 1 atom stereocenters. The summed E-state index contributed by atoms with van der Waals surface area (Å²) in [6.07, 6.45) is 1.59. The van der Waals surface area contributed by atoms with Crippen LogP contribution in [0.5, 0.6) is 0 Å². The Morgan fingerprint density at radius 3 is 1.94 bits per heavy atom. The zero-order valence-corrected chi connectivity index (χ0v) is 12.0. The van der Waals surface area contributed by atoms with Crippen molar-refractivity contribution in [2.45, 2.75) is 61.3 Å². The lowest BCUT2D eigenvalue weighted by Crippen LogP contribution is -2.21. The van der Waals surface area contributed by atoms with Gasteiger partial charge in [-0.3, -0.25) is 4.79 Å². The molecule has 2 heteroatoms. The first-order valence-electron chi connectivity index (χ1n) is 6.15. The van der Waals surface area contributed by atoms with Gasteiger partial charge in [-0.2, -0.15) is 0 Å². The van der Waals surface area contributed by atoms with E-state index < -0.39 is 0 Å². The molecule has 0 fully saturated rings. The summed E-state index contributed by atoms with van der Waals surface area (Å²) in [5.74, 6) is 0.333. The Kier molecular flexibility index (Phi) is 5.51. The molecule has 0 aromatic carbocycles. The second-order valence-corrected chi connectivity index (χ2v) is 7.30. The van der Waals surface area contributed by atoms with Crippen LogP contribution >= 0.6 is 0 Å². The van der Waals surface area contributed by atoms with Gasteiger partial charge in [0.2, 0.25) is 0 Å². The monoisotopic (exact) mass is 228 g/mol. The highest BCUT2D eigenvalue weighted by molar-refractivity contribution is 5.69. The highest BCUT2D eigenvalue weighted by Gasteiger charge is 2.19. The Morgan fingerprint density at radius 1 is 1.06 bits per heavy atom. The molecular formula is C14H28O2. The smallest absolute Gasteiger partial charge is 0.306 e. The Hall–Kier alpha value is -0.530. The molecule has 0 amide bonds. The fraction of sp³-hybridized carbons (Fsp3) is 0.929. The summed E-state index contributed by atoms with van der Waals surface area (Å²) in [5, 5.41) is 0. The maximum atomic E-state index is 11.6. The fourth-order valence-electron chi connectivity index (χ4n) is 1.76. The van der Waals surface area contributed by atoms with E-state index in [0.29, 0.717) is 18.9 Å². The quantitative estimate of drug-likeness (QED) is 0.679. The highest BCUT2D eigenvalue weighted by Crippen LogP contribution is 2.26. The third kappa shape index (κ3) is 10.0. The molecule has 0 aliphatic heterocycles. The normalized spacial score (nSPS) is 14.7. The number of esters is 1. The molecule has 0 aromatic rings. The summed E-state index contributed by atoms with van der Waals surface area (Å²) in [5.41, 5.74) is 0.340. The largest absolute Gasteiger partial charge is 0.465 e. The van der Waals surface area contributed by atoms with Gasteiger partial charge in [-0.05, 0) is 23.2 Å². The Labute approximate surface area is 101 Å². The molecule has 0 N–H and O–H groups in total. The molecule has 0 saturated heterocycles. The van der Waals surface area contributed by atoms with Crippen molar-refractivity contribution in [2.75, 3.05) is 6.61 Å². The summed E-state index contributed by atoms with van der Waals surface area (Å²) >= 11 is 0. The summed E-state index contributed by atoms with van der Waals surface area (Å²) < 4.78 is 5.25. The van der Waals surface area contributed by atoms with E-state index in [-0.39, 0.29) is 16.8 Å². The van der Waals surface area contributed by atoms with E-state index in [9.17, 15) is 4.79 Å². The van der Waals surface area contributed by atoms with Crippen LogP contribution in [-0.4, -0.2) is 12.6 Å². The zero-order valence-electron chi connectivity index (χ0n) is 12.0. The lowest BCUT2D eigenvalue weighted by Gasteiger charge is -2.23. The number of carbonyl (C=O) groups excluding carboxylic acids is 1. The maximum absolute atomic E-state index is 11.6. The van der Waals surface area contributed by atoms with Crippen molar-refractivity contribution in [1.82, 2.24) is 0 Å². The Balaban J connectivity index is 3.88.